The van der Waals surface area contributed by atoms with E-state index >= 15 is 0 Å². The first kappa shape index (κ1) is 8.67. The molecule has 0 aliphatic heterocycles. The minimum absolute atomic E-state index is 0.738. The first-order valence-corrected chi connectivity index (χ1v) is 2.49. The third-order valence-corrected chi connectivity index (χ3v) is 0.790. The summed E-state index contributed by atoms with van der Waals surface area (Å²) in [5.74, 6) is 0. The number of nitro groups is 1. The van der Waals surface area contributed by atoms with Crippen molar-refractivity contribution in [3.63, 3.8) is 0 Å². The van der Waals surface area contributed by atoms with Crippen molar-refractivity contribution in [2.45, 2.75) is 19.6 Å². The monoisotopic (exact) mass is 148 g/mol. The van der Waals surface area contributed by atoms with Gasteiger partial charge in [-0.05, 0) is 0 Å². The summed E-state index contributed by atoms with van der Waals surface area (Å²) in [6, 6.07) is 0. The van der Waals surface area contributed by atoms with E-state index in [1.165, 1.54) is 0 Å². The molecule has 0 unspecified atom stereocenters. The van der Waals surface area contributed by atoms with Crippen molar-refractivity contribution in [3.05, 3.63) is 10.1 Å². The summed E-state index contributed by atoms with van der Waals surface area (Å²) in [7, 11) is 0. The van der Waals surface area contributed by atoms with Gasteiger partial charge in [0.2, 0.25) is 0 Å². The molecular weight excluding hydrogens is 140 g/mol. The number of carbonyl (C=O) groups is 1. The molecule has 0 bridgehead atoms. The van der Waals surface area contributed by atoms with Crippen LogP contribution in [-0.4, -0.2) is 16.7 Å². The number of primary amides is 1. The van der Waals surface area contributed by atoms with Crippen LogP contribution in [0.15, 0.2) is 0 Å². The largest absolute Gasteiger partial charge is 0.409 e. The van der Waals surface area contributed by atoms with Gasteiger partial charge in [-0.15, -0.1) is 0 Å². The zero-order chi connectivity index (χ0) is 8.36. The lowest BCUT2D eigenvalue weighted by Crippen LogP contribution is -2.38. The van der Waals surface area contributed by atoms with Crippen molar-refractivity contribution < 1.29 is 14.5 Å². The molecule has 0 aromatic rings. The minimum atomic E-state index is -1.73. The first-order valence-electron chi connectivity index (χ1n) is 2.49. The molecule has 0 saturated carbocycles. The van der Waals surface area contributed by atoms with Crippen LogP contribution in [0.1, 0.15) is 13.8 Å². The highest BCUT2D eigenvalue weighted by Gasteiger charge is 2.34. The van der Waals surface area contributed by atoms with Gasteiger partial charge in [-0.1, -0.05) is 0 Å². The topological polar surface area (TPSA) is 95.5 Å². The van der Waals surface area contributed by atoms with Gasteiger partial charge in [0.25, 0.3) is 0 Å². The number of hydrogen-bond donors (Lipinski definition) is 1. The van der Waals surface area contributed by atoms with Crippen LogP contribution in [0.2, 0.25) is 0 Å². The van der Waals surface area contributed by atoms with Crippen LogP contribution < -0.4 is 5.73 Å². The molecule has 0 spiro atoms. The highest BCUT2D eigenvalue weighted by atomic mass is 16.7. The lowest BCUT2D eigenvalue weighted by molar-refractivity contribution is -0.609. The van der Waals surface area contributed by atoms with Gasteiger partial charge in [-0.2, -0.15) is 0 Å². The Kier molecular flexibility index (Phi) is 2.17. The Labute approximate surface area is 57.1 Å². The summed E-state index contributed by atoms with van der Waals surface area (Å²) < 4.78 is 4.14. The second kappa shape index (κ2) is 2.51. The molecular formula is C4H8N2O4. The highest BCUT2D eigenvalue weighted by Crippen LogP contribution is 2.08. The number of nitrogens with zero attached hydrogens (tertiary/aromatic N) is 1. The molecule has 0 aromatic carbocycles. The third kappa shape index (κ3) is 2.29. The van der Waals surface area contributed by atoms with E-state index in [2.05, 4.69) is 10.5 Å². The minimum Gasteiger partial charge on any atom is -0.380 e. The molecule has 1 amide bonds. The summed E-state index contributed by atoms with van der Waals surface area (Å²) in [5.41, 5.74) is 2.82. The van der Waals surface area contributed by atoms with E-state index in [-0.39, 0.29) is 0 Å². The van der Waals surface area contributed by atoms with Gasteiger partial charge in [0.05, 0.1) is 4.92 Å². The standard InChI is InChI=1S/C4H8N2O4/c1-4(2,6(8)9)10-3(5)7/h1-2H3,(H2,5,7). The Hall–Kier alpha value is -1.33. The summed E-state index contributed by atoms with van der Waals surface area (Å²) in [5, 5.41) is 10.0. The molecule has 10 heavy (non-hydrogen) atoms. The zero-order valence-corrected chi connectivity index (χ0v) is 5.66. The van der Waals surface area contributed by atoms with Crippen molar-refractivity contribution in [2.75, 3.05) is 0 Å². The van der Waals surface area contributed by atoms with E-state index < -0.39 is 16.7 Å². The molecule has 2 N–H and O–H groups in total. The Morgan fingerprint density at radius 3 is 2.20 bits per heavy atom. The van der Waals surface area contributed by atoms with E-state index in [1.807, 2.05) is 0 Å². The number of hydrogen-bond acceptors (Lipinski definition) is 4. The fourth-order valence-electron chi connectivity index (χ4n) is 0.283. The Bertz CT molecular complexity index is 165. The normalized spacial score (nSPS) is 10.6. The van der Waals surface area contributed by atoms with Crippen LogP contribution in [0.25, 0.3) is 0 Å². The first-order chi connectivity index (χ1) is 4.36. The van der Waals surface area contributed by atoms with E-state index in [0.717, 1.165) is 13.8 Å². The van der Waals surface area contributed by atoms with Gasteiger partial charge >= 0.3 is 11.8 Å². The lowest BCUT2D eigenvalue weighted by Gasteiger charge is -2.13. The molecule has 0 heterocycles. The van der Waals surface area contributed by atoms with E-state index in [4.69, 9.17) is 0 Å². The van der Waals surface area contributed by atoms with Crippen molar-refractivity contribution in [1.29, 1.82) is 0 Å². The molecule has 0 aromatic heterocycles. The summed E-state index contributed by atoms with van der Waals surface area (Å²) in [4.78, 5) is 19.3. The van der Waals surface area contributed by atoms with Gasteiger partial charge in [-0.25, -0.2) is 4.79 Å². The van der Waals surface area contributed by atoms with Gasteiger partial charge in [0, 0.05) is 13.8 Å². The maximum absolute atomic E-state index is 10.0. The van der Waals surface area contributed by atoms with E-state index in [9.17, 15) is 14.9 Å². The quantitative estimate of drug-likeness (QED) is 0.341. The van der Waals surface area contributed by atoms with E-state index in [0.29, 0.717) is 0 Å². The maximum Gasteiger partial charge on any atom is 0.409 e. The highest BCUT2D eigenvalue weighted by molar-refractivity contribution is 5.64. The van der Waals surface area contributed by atoms with Crippen molar-refractivity contribution in [2.24, 2.45) is 5.73 Å². The molecule has 0 rings (SSSR count). The maximum atomic E-state index is 10.0. The number of nitrogens with two attached hydrogens (primary N) is 1. The van der Waals surface area contributed by atoms with Crippen LogP contribution in [0.4, 0.5) is 4.79 Å². The summed E-state index contributed by atoms with van der Waals surface area (Å²) in [6.07, 6.45) is -1.15. The van der Waals surface area contributed by atoms with Crippen molar-refractivity contribution >= 4 is 6.09 Å². The van der Waals surface area contributed by atoms with Crippen LogP contribution >= 0.6 is 0 Å². The van der Waals surface area contributed by atoms with Crippen molar-refractivity contribution in [1.82, 2.24) is 0 Å². The molecule has 0 saturated heterocycles. The molecule has 0 aliphatic carbocycles. The SMILES string of the molecule is CC(C)(OC(N)=O)[N+](=O)[O-]. The lowest BCUT2D eigenvalue weighted by atomic mass is 10.3. The summed E-state index contributed by atoms with van der Waals surface area (Å²) in [6.45, 7) is 2.27. The van der Waals surface area contributed by atoms with Crippen LogP contribution in [0, 0.1) is 10.1 Å². The van der Waals surface area contributed by atoms with Crippen LogP contribution in [0.5, 0.6) is 0 Å². The molecule has 0 atom stereocenters. The molecule has 0 radical (unpaired) electrons. The average Bonchev–Trinajstić information content (AvgIpc) is 1.60. The van der Waals surface area contributed by atoms with Gasteiger partial charge in [0.1, 0.15) is 0 Å². The van der Waals surface area contributed by atoms with Gasteiger partial charge < -0.3 is 10.5 Å². The Morgan fingerprint density at radius 2 is 2.10 bits per heavy atom. The smallest absolute Gasteiger partial charge is 0.380 e. The molecule has 58 valence electrons. The molecule has 6 heteroatoms. The number of ether oxygens (including phenoxy) is 1. The second-order valence-corrected chi connectivity index (χ2v) is 2.12. The average molecular weight is 148 g/mol. The fraction of sp³-hybridized carbons (Fsp3) is 0.750. The second-order valence-electron chi connectivity index (χ2n) is 2.12. The van der Waals surface area contributed by atoms with Gasteiger partial charge in [-0.3, -0.25) is 10.1 Å². The zero-order valence-electron chi connectivity index (χ0n) is 5.66. The fourth-order valence-corrected chi connectivity index (χ4v) is 0.283. The Morgan fingerprint density at radius 1 is 1.70 bits per heavy atom. The predicted octanol–water partition coefficient (Wildman–Crippen LogP) is 0.0945. The van der Waals surface area contributed by atoms with E-state index in [1.54, 1.807) is 0 Å². The predicted molar refractivity (Wildman–Crippen MR) is 31.7 cm³/mol. The summed E-state index contributed by atoms with van der Waals surface area (Å²) >= 11 is 0. The van der Waals surface area contributed by atoms with Crippen LogP contribution in [-0.2, 0) is 4.74 Å². The van der Waals surface area contributed by atoms with Gasteiger partial charge in [0.15, 0.2) is 0 Å². The molecule has 0 fully saturated rings. The van der Waals surface area contributed by atoms with Crippen LogP contribution in [0.3, 0.4) is 0 Å². The van der Waals surface area contributed by atoms with Crippen molar-refractivity contribution in [3.8, 4) is 0 Å². The third-order valence-electron chi connectivity index (χ3n) is 0.790. The number of amides is 1. The number of carbonyl (C=O) groups excluding carboxylic acids is 1. The Balaban J connectivity index is 4.13. The number of rotatable bonds is 2. The molecule has 0 aliphatic rings. The molecule has 6 nitrogen and oxygen atoms in total.